The zero-order valence-electron chi connectivity index (χ0n) is 17.7. The molecule has 1 unspecified atom stereocenters. The summed E-state index contributed by atoms with van der Waals surface area (Å²) < 4.78 is 33.7. The molecule has 1 aliphatic heterocycles. The fourth-order valence-corrected chi connectivity index (χ4v) is 7.66. The first-order valence-electron chi connectivity index (χ1n) is 10.2. The Morgan fingerprint density at radius 3 is 2.78 bits per heavy atom. The lowest BCUT2D eigenvalue weighted by Crippen LogP contribution is -2.36. The molecule has 1 aromatic heterocycles. The Morgan fingerprint density at radius 1 is 1.38 bits per heavy atom. The number of methoxy groups -OCH3 is 1. The number of hydrogen-bond acceptors (Lipinski definition) is 5. The van der Waals surface area contributed by atoms with Gasteiger partial charge in [-0.05, 0) is 32.5 Å². The van der Waals surface area contributed by atoms with E-state index in [4.69, 9.17) is 4.74 Å². The van der Waals surface area contributed by atoms with Crippen molar-refractivity contribution in [1.82, 2.24) is 9.88 Å². The average Bonchev–Trinajstić information content (AvgIpc) is 3.41. The molecule has 1 saturated carbocycles. The van der Waals surface area contributed by atoms with Gasteiger partial charge in [-0.2, -0.15) is 0 Å². The van der Waals surface area contributed by atoms with Gasteiger partial charge in [-0.3, -0.25) is 14.4 Å². The molecule has 1 aliphatic carbocycles. The summed E-state index contributed by atoms with van der Waals surface area (Å²) in [5.41, 5.74) is -1.55. The van der Waals surface area contributed by atoms with E-state index in [1.807, 2.05) is 6.92 Å². The van der Waals surface area contributed by atoms with Gasteiger partial charge in [-0.25, -0.2) is 8.78 Å². The van der Waals surface area contributed by atoms with Crippen LogP contribution in [0.25, 0.3) is 0 Å². The molecule has 1 fully saturated rings. The molecule has 7 nitrogen and oxygen atoms in total. The number of rotatable bonds is 6. The van der Waals surface area contributed by atoms with E-state index in [1.165, 1.54) is 16.8 Å². The van der Waals surface area contributed by atoms with Crippen LogP contribution < -0.4 is 10.7 Å². The van der Waals surface area contributed by atoms with Gasteiger partial charge >= 0.3 is 0 Å². The molecule has 3 atom stereocenters. The van der Waals surface area contributed by atoms with Gasteiger partial charge in [0.15, 0.2) is 5.75 Å². The highest BCUT2D eigenvalue weighted by molar-refractivity contribution is 7.77. The molecule has 1 spiro atoms. The molecule has 2 aliphatic rings. The minimum absolute atomic E-state index is 0.0464. The SMILES string of the molecule is CCP1C(=O)c2c(O)c(=O)c(C(=O)NCc3ccc(F)cc3F)cn2C[C@@]12C[C@@H]2COC. The summed E-state index contributed by atoms with van der Waals surface area (Å²) in [4.78, 5) is 38.5. The lowest BCUT2D eigenvalue weighted by Gasteiger charge is -2.34. The van der Waals surface area contributed by atoms with Gasteiger partial charge in [-0.1, -0.05) is 13.0 Å². The van der Waals surface area contributed by atoms with Crippen LogP contribution in [0.3, 0.4) is 0 Å². The average molecular weight is 464 g/mol. The van der Waals surface area contributed by atoms with Crippen LogP contribution >= 0.6 is 7.92 Å². The summed E-state index contributed by atoms with van der Waals surface area (Å²) in [6, 6.07) is 2.96. The van der Waals surface area contributed by atoms with E-state index >= 15 is 0 Å². The van der Waals surface area contributed by atoms with E-state index < -0.39 is 36.6 Å². The standard InChI is InChI=1S/C22H23F2N2O5P/c1-3-32-21(30)17-19(28)18(27)15(9-26(17)11-22(32)7-13(22)10-31-2)20(29)25-8-12-4-5-14(23)6-16(12)24/h4-6,9,13,28H,3,7-8,10-11H2,1-2H3,(H,25,29)/t13-,22-,32?/m1/s1. The Labute approximate surface area is 184 Å². The molecule has 1 amide bonds. The number of carbonyl (C=O) groups excluding carboxylic acids is 2. The highest BCUT2D eigenvalue weighted by Gasteiger charge is 2.62. The van der Waals surface area contributed by atoms with Crippen LogP contribution in [0.5, 0.6) is 5.75 Å². The fraction of sp³-hybridized carbons (Fsp3) is 0.409. The first-order valence-corrected chi connectivity index (χ1v) is 11.8. The number of ether oxygens (including phenoxy) is 1. The Hall–Kier alpha value is -2.64. The number of nitrogens with zero attached hydrogens (tertiary/aromatic N) is 1. The minimum Gasteiger partial charge on any atom is -0.503 e. The third-order valence-corrected chi connectivity index (χ3v) is 9.37. The maximum atomic E-state index is 13.8. The molecule has 0 bridgehead atoms. The number of benzene rings is 1. The van der Waals surface area contributed by atoms with E-state index in [0.29, 0.717) is 25.4 Å². The Morgan fingerprint density at radius 2 is 2.12 bits per heavy atom. The van der Waals surface area contributed by atoms with Crippen molar-refractivity contribution in [3.8, 4) is 5.75 Å². The summed E-state index contributed by atoms with van der Waals surface area (Å²) in [7, 11) is 0.496. The van der Waals surface area contributed by atoms with E-state index in [-0.39, 0.29) is 40.0 Å². The number of pyridine rings is 1. The molecular formula is C22H23F2N2O5P. The van der Waals surface area contributed by atoms with Crippen molar-refractivity contribution in [3.63, 3.8) is 0 Å². The number of aromatic nitrogens is 1. The molecule has 32 heavy (non-hydrogen) atoms. The first-order chi connectivity index (χ1) is 15.2. The number of fused-ring (bicyclic) bond motifs is 1. The van der Waals surface area contributed by atoms with Crippen LogP contribution in [0.4, 0.5) is 8.78 Å². The van der Waals surface area contributed by atoms with Gasteiger partial charge in [0.2, 0.25) is 11.0 Å². The Kier molecular flexibility index (Phi) is 5.90. The summed E-state index contributed by atoms with van der Waals surface area (Å²) in [6.45, 7) is 2.58. The second-order valence-electron chi connectivity index (χ2n) is 8.12. The number of halogens is 2. The van der Waals surface area contributed by atoms with Gasteiger partial charge in [0.1, 0.15) is 22.9 Å². The molecule has 2 aromatic rings. The van der Waals surface area contributed by atoms with Crippen LogP contribution in [-0.2, 0) is 17.8 Å². The summed E-state index contributed by atoms with van der Waals surface area (Å²) in [5.74, 6) is -2.92. The molecule has 1 aromatic carbocycles. The van der Waals surface area contributed by atoms with Crippen molar-refractivity contribution in [2.24, 2.45) is 5.92 Å². The van der Waals surface area contributed by atoms with Gasteiger partial charge in [0.25, 0.3) is 5.91 Å². The molecule has 4 rings (SSSR count). The molecule has 0 saturated heterocycles. The largest absolute Gasteiger partial charge is 0.503 e. The second kappa shape index (κ2) is 8.37. The third-order valence-electron chi connectivity index (χ3n) is 6.27. The number of hydrogen-bond donors (Lipinski definition) is 2. The normalized spacial score (nSPS) is 23.8. The van der Waals surface area contributed by atoms with Crippen LogP contribution in [-0.4, -0.2) is 46.1 Å². The monoisotopic (exact) mass is 464 g/mol. The maximum Gasteiger partial charge on any atom is 0.257 e. The molecule has 2 heterocycles. The fourth-order valence-electron chi connectivity index (χ4n) is 4.57. The van der Waals surface area contributed by atoms with Crippen LogP contribution in [0.15, 0.2) is 29.2 Å². The smallest absolute Gasteiger partial charge is 0.257 e. The van der Waals surface area contributed by atoms with E-state index in [0.717, 1.165) is 12.5 Å². The van der Waals surface area contributed by atoms with Crippen LogP contribution in [0, 0.1) is 17.6 Å². The van der Waals surface area contributed by atoms with E-state index in [9.17, 15) is 28.3 Å². The highest BCUT2D eigenvalue weighted by Crippen LogP contribution is 2.71. The second-order valence-corrected chi connectivity index (χ2v) is 10.9. The number of nitrogens with one attached hydrogen (secondary N) is 1. The minimum atomic E-state index is -1.11. The van der Waals surface area contributed by atoms with E-state index in [2.05, 4.69) is 5.32 Å². The number of aromatic hydroxyl groups is 1. The molecule has 170 valence electrons. The maximum absolute atomic E-state index is 13.8. The lowest BCUT2D eigenvalue weighted by molar-refractivity contribution is 0.0945. The Bertz CT molecular complexity index is 1170. The zero-order valence-corrected chi connectivity index (χ0v) is 18.5. The topological polar surface area (TPSA) is 97.6 Å². The van der Waals surface area contributed by atoms with Crippen molar-refractivity contribution in [3.05, 3.63) is 63.1 Å². The zero-order chi connectivity index (χ0) is 23.2. The summed E-state index contributed by atoms with van der Waals surface area (Å²) in [6.07, 6.45) is 2.73. The van der Waals surface area contributed by atoms with Crippen LogP contribution in [0.1, 0.15) is 39.8 Å². The summed E-state index contributed by atoms with van der Waals surface area (Å²) in [5, 5.41) is 12.7. The van der Waals surface area contributed by atoms with E-state index in [1.54, 1.807) is 7.11 Å². The Balaban J connectivity index is 1.64. The van der Waals surface area contributed by atoms with Crippen LogP contribution in [0.2, 0.25) is 0 Å². The number of carbonyl (C=O) groups is 2. The quantitative estimate of drug-likeness (QED) is 0.641. The van der Waals surface area contributed by atoms with Crippen molar-refractivity contribution in [2.75, 3.05) is 19.9 Å². The van der Waals surface area contributed by atoms with Gasteiger partial charge < -0.3 is 19.7 Å². The van der Waals surface area contributed by atoms with Crippen molar-refractivity contribution < 1.29 is 28.2 Å². The van der Waals surface area contributed by atoms with Gasteiger partial charge in [-0.15, -0.1) is 0 Å². The predicted octanol–water partition coefficient (Wildman–Crippen LogP) is 2.82. The predicted molar refractivity (Wildman–Crippen MR) is 114 cm³/mol. The first kappa shape index (κ1) is 22.6. The number of amides is 1. The molecule has 10 heteroatoms. The molecular weight excluding hydrogens is 441 g/mol. The highest BCUT2D eigenvalue weighted by atomic mass is 31.1. The van der Waals surface area contributed by atoms with Crippen molar-refractivity contribution in [1.29, 1.82) is 0 Å². The van der Waals surface area contributed by atoms with Gasteiger partial charge in [0.05, 0.1) is 0 Å². The lowest BCUT2D eigenvalue weighted by atomic mass is 10.1. The van der Waals surface area contributed by atoms with Gasteiger partial charge in [0, 0.05) is 49.8 Å². The molecule has 0 radical (unpaired) electrons. The summed E-state index contributed by atoms with van der Waals surface area (Å²) >= 11 is 0. The third kappa shape index (κ3) is 3.63. The van der Waals surface area contributed by atoms with Crippen molar-refractivity contribution >= 4 is 19.4 Å². The van der Waals surface area contributed by atoms with Crippen molar-refractivity contribution in [2.45, 2.75) is 31.6 Å². The molecule has 2 N–H and O–H groups in total.